The lowest BCUT2D eigenvalue weighted by Gasteiger charge is -2.11. The van der Waals surface area contributed by atoms with E-state index in [4.69, 9.17) is 5.11 Å². The summed E-state index contributed by atoms with van der Waals surface area (Å²) in [6, 6.07) is -0.126. The number of carboxylic acids is 1. The minimum atomic E-state index is -1.15. The van der Waals surface area contributed by atoms with E-state index in [-0.39, 0.29) is 16.7 Å². The van der Waals surface area contributed by atoms with Gasteiger partial charge in [0, 0.05) is 34.2 Å². The summed E-state index contributed by atoms with van der Waals surface area (Å²) in [6.45, 7) is 1.80. The van der Waals surface area contributed by atoms with Crippen LogP contribution in [0.25, 0.3) is 0 Å². The number of thiazole rings is 1. The number of hydrogen-bond acceptors (Lipinski definition) is 5. The Morgan fingerprint density at radius 3 is 2.78 bits per heavy atom. The molecule has 8 heteroatoms. The molecule has 0 spiro atoms. The molecule has 6 nitrogen and oxygen atoms in total. The SMILES string of the molecule is CC(CCS(C)=O)NC(=O)c1nc(C(=O)O)cs1. The molecular weight excluding hydrogens is 276 g/mol. The van der Waals surface area contributed by atoms with E-state index in [1.807, 2.05) is 0 Å². The summed E-state index contributed by atoms with van der Waals surface area (Å²) < 4.78 is 10.9. The molecule has 1 aromatic rings. The second kappa shape index (κ2) is 6.60. The first-order chi connectivity index (χ1) is 8.40. The summed E-state index contributed by atoms with van der Waals surface area (Å²) in [5.74, 6) is -1.04. The van der Waals surface area contributed by atoms with Crippen LogP contribution in [0.4, 0.5) is 0 Å². The Kier molecular flexibility index (Phi) is 5.42. The van der Waals surface area contributed by atoms with Crippen molar-refractivity contribution in [3.8, 4) is 0 Å². The average molecular weight is 290 g/mol. The first-order valence-corrected chi connectivity index (χ1v) is 7.80. The molecule has 1 amide bonds. The van der Waals surface area contributed by atoms with Crippen LogP contribution in [0.1, 0.15) is 33.6 Å². The number of carbonyl (C=O) groups excluding carboxylic acids is 1. The lowest BCUT2D eigenvalue weighted by atomic mass is 10.2. The summed E-state index contributed by atoms with van der Waals surface area (Å²) in [5.41, 5.74) is -0.132. The molecule has 0 radical (unpaired) electrons. The topological polar surface area (TPSA) is 96.4 Å². The van der Waals surface area contributed by atoms with Crippen molar-refractivity contribution in [1.82, 2.24) is 10.3 Å². The van der Waals surface area contributed by atoms with Crippen LogP contribution >= 0.6 is 11.3 Å². The first kappa shape index (κ1) is 14.8. The van der Waals surface area contributed by atoms with Gasteiger partial charge >= 0.3 is 5.97 Å². The van der Waals surface area contributed by atoms with Gasteiger partial charge in [0.05, 0.1) is 0 Å². The van der Waals surface area contributed by atoms with Gasteiger partial charge in [-0.3, -0.25) is 9.00 Å². The molecule has 18 heavy (non-hydrogen) atoms. The number of carbonyl (C=O) groups is 2. The number of hydrogen-bond donors (Lipinski definition) is 2. The number of carboxylic acid groups (broad SMARTS) is 1. The van der Waals surface area contributed by atoms with Gasteiger partial charge in [-0.25, -0.2) is 9.78 Å². The zero-order chi connectivity index (χ0) is 13.7. The van der Waals surface area contributed by atoms with Crippen molar-refractivity contribution in [3.63, 3.8) is 0 Å². The standard InChI is InChI=1S/C10H14N2O4S2/c1-6(3-4-18(2)16)11-8(13)9-12-7(5-17-9)10(14)15/h5-6H,3-4H2,1-2H3,(H,11,13)(H,14,15). The summed E-state index contributed by atoms with van der Waals surface area (Å²) in [6.07, 6.45) is 2.21. The van der Waals surface area contributed by atoms with Crippen LogP contribution in [-0.2, 0) is 10.8 Å². The molecule has 2 N–H and O–H groups in total. The lowest BCUT2D eigenvalue weighted by molar-refractivity contribution is 0.0691. The summed E-state index contributed by atoms with van der Waals surface area (Å²) in [5, 5.41) is 12.8. The quantitative estimate of drug-likeness (QED) is 0.805. The second-order valence-corrected chi connectivity index (χ2v) is 6.20. The Bertz CT molecular complexity index is 472. The van der Waals surface area contributed by atoms with Crippen molar-refractivity contribution < 1.29 is 18.9 Å². The Morgan fingerprint density at radius 2 is 2.28 bits per heavy atom. The molecule has 0 aliphatic carbocycles. The maximum Gasteiger partial charge on any atom is 0.355 e. The fourth-order valence-corrected chi connectivity index (χ4v) is 2.56. The van der Waals surface area contributed by atoms with Gasteiger partial charge in [-0.05, 0) is 13.3 Å². The molecule has 2 unspecified atom stereocenters. The number of nitrogens with one attached hydrogen (secondary N) is 1. The first-order valence-electron chi connectivity index (χ1n) is 5.20. The predicted octanol–water partition coefficient (Wildman–Crippen LogP) is 0.728. The fourth-order valence-electron chi connectivity index (χ4n) is 1.18. The van der Waals surface area contributed by atoms with E-state index < -0.39 is 22.7 Å². The Balaban J connectivity index is 2.53. The number of amides is 1. The van der Waals surface area contributed by atoms with Crippen molar-refractivity contribution in [2.24, 2.45) is 0 Å². The molecule has 2 atom stereocenters. The smallest absolute Gasteiger partial charge is 0.355 e. The molecule has 1 heterocycles. The summed E-state index contributed by atoms with van der Waals surface area (Å²) in [7, 11) is -0.890. The Morgan fingerprint density at radius 1 is 1.61 bits per heavy atom. The number of aromatic carboxylic acids is 1. The number of rotatable bonds is 6. The maximum absolute atomic E-state index is 11.7. The van der Waals surface area contributed by atoms with E-state index in [1.165, 1.54) is 5.38 Å². The average Bonchev–Trinajstić information content (AvgIpc) is 2.75. The van der Waals surface area contributed by atoms with E-state index in [9.17, 15) is 13.8 Å². The van der Waals surface area contributed by atoms with Crippen molar-refractivity contribution >= 4 is 34.0 Å². The molecule has 0 aliphatic heterocycles. The highest BCUT2D eigenvalue weighted by atomic mass is 32.2. The third-order valence-electron chi connectivity index (χ3n) is 2.13. The van der Waals surface area contributed by atoms with Crippen LogP contribution in [0.2, 0.25) is 0 Å². The second-order valence-electron chi connectivity index (χ2n) is 3.78. The van der Waals surface area contributed by atoms with E-state index in [1.54, 1.807) is 13.2 Å². The van der Waals surface area contributed by atoms with Crippen molar-refractivity contribution in [2.75, 3.05) is 12.0 Å². The zero-order valence-corrected chi connectivity index (χ0v) is 11.6. The normalized spacial score (nSPS) is 13.9. The van der Waals surface area contributed by atoms with Gasteiger partial charge in [-0.2, -0.15) is 0 Å². The highest BCUT2D eigenvalue weighted by Gasteiger charge is 2.16. The molecular formula is C10H14N2O4S2. The van der Waals surface area contributed by atoms with E-state index in [0.717, 1.165) is 11.3 Å². The molecule has 1 rings (SSSR count). The van der Waals surface area contributed by atoms with Crippen LogP contribution < -0.4 is 5.32 Å². The largest absolute Gasteiger partial charge is 0.476 e. The molecule has 0 fully saturated rings. The van der Waals surface area contributed by atoms with Gasteiger partial charge in [0.15, 0.2) is 10.7 Å². The van der Waals surface area contributed by atoms with Crippen LogP contribution in [0.15, 0.2) is 5.38 Å². The van der Waals surface area contributed by atoms with Gasteiger partial charge in [0.25, 0.3) is 5.91 Å². The lowest BCUT2D eigenvalue weighted by Crippen LogP contribution is -2.33. The third kappa shape index (κ3) is 4.53. The van der Waals surface area contributed by atoms with Gasteiger partial charge in [0.2, 0.25) is 0 Å². The fraction of sp³-hybridized carbons (Fsp3) is 0.500. The highest BCUT2D eigenvalue weighted by molar-refractivity contribution is 7.84. The van der Waals surface area contributed by atoms with Crippen LogP contribution in [0, 0.1) is 0 Å². The predicted molar refractivity (Wildman–Crippen MR) is 69.6 cm³/mol. The molecule has 0 bridgehead atoms. The van der Waals surface area contributed by atoms with Crippen molar-refractivity contribution in [3.05, 3.63) is 16.1 Å². The maximum atomic E-state index is 11.7. The molecule has 0 saturated heterocycles. The third-order valence-corrected chi connectivity index (χ3v) is 3.79. The number of nitrogens with zero attached hydrogens (tertiary/aromatic N) is 1. The molecule has 100 valence electrons. The van der Waals surface area contributed by atoms with Crippen molar-refractivity contribution in [2.45, 2.75) is 19.4 Å². The van der Waals surface area contributed by atoms with Gasteiger partial charge < -0.3 is 10.4 Å². The minimum absolute atomic E-state index is 0.122. The Hall–Kier alpha value is -1.28. The van der Waals surface area contributed by atoms with Crippen LogP contribution in [-0.4, -0.2) is 44.2 Å². The zero-order valence-electron chi connectivity index (χ0n) is 10.0. The van der Waals surface area contributed by atoms with E-state index >= 15 is 0 Å². The van der Waals surface area contributed by atoms with Gasteiger partial charge in [0.1, 0.15) is 0 Å². The van der Waals surface area contributed by atoms with Crippen LogP contribution in [0.5, 0.6) is 0 Å². The molecule has 1 aromatic heterocycles. The molecule has 0 aromatic carbocycles. The summed E-state index contributed by atoms with van der Waals surface area (Å²) in [4.78, 5) is 26.0. The number of aromatic nitrogens is 1. The van der Waals surface area contributed by atoms with Crippen molar-refractivity contribution in [1.29, 1.82) is 0 Å². The van der Waals surface area contributed by atoms with Crippen LogP contribution in [0.3, 0.4) is 0 Å². The van der Waals surface area contributed by atoms with Gasteiger partial charge in [-0.1, -0.05) is 0 Å². The molecule has 0 aliphatic rings. The minimum Gasteiger partial charge on any atom is -0.476 e. The van der Waals surface area contributed by atoms with E-state index in [0.29, 0.717) is 12.2 Å². The van der Waals surface area contributed by atoms with E-state index in [2.05, 4.69) is 10.3 Å². The van der Waals surface area contributed by atoms with Gasteiger partial charge in [-0.15, -0.1) is 11.3 Å². The molecule has 0 saturated carbocycles. The monoisotopic (exact) mass is 290 g/mol. The Labute approximate surface area is 111 Å². The summed E-state index contributed by atoms with van der Waals surface area (Å²) >= 11 is 0.988. The highest BCUT2D eigenvalue weighted by Crippen LogP contribution is 2.10.